The number of aliphatic imine (C=N–C) groups is 1. The highest BCUT2D eigenvalue weighted by Crippen LogP contribution is 2.31. The molecular formula is C24H26N4S. The Hall–Kier alpha value is -2.66. The number of H-pyrrole nitrogens is 1. The monoisotopic (exact) mass is 402 g/mol. The second kappa shape index (κ2) is 7.99. The minimum atomic E-state index is 0.873. The van der Waals surface area contributed by atoms with Gasteiger partial charge in [0, 0.05) is 71.4 Å². The van der Waals surface area contributed by atoms with Gasteiger partial charge in [-0.1, -0.05) is 36.4 Å². The Morgan fingerprint density at radius 3 is 2.76 bits per heavy atom. The first-order valence-corrected chi connectivity index (χ1v) is 11.3. The first-order chi connectivity index (χ1) is 14.3. The minimum absolute atomic E-state index is 0.873. The Morgan fingerprint density at radius 2 is 1.90 bits per heavy atom. The van der Waals surface area contributed by atoms with Crippen molar-refractivity contribution in [1.29, 1.82) is 0 Å². The lowest BCUT2D eigenvalue weighted by molar-refractivity contribution is 0.548. The number of aromatic amines is 1. The molecule has 0 unspecified atom stereocenters. The van der Waals surface area contributed by atoms with Crippen molar-refractivity contribution in [2.75, 3.05) is 25.9 Å². The average Bonchev–Trinajstić information content (AvgIpc) is 3.44. The molecule has 29 heavy (non-hydrogen) atoms. The van der Waals surface area contributed by atoms with Gasteiger partial charge in [0.25, 0.3) is 0 Å². The summed E-state index contributed by atoms with van der Waals surface area (Å²) in [5.74, 6) is 2.28. The predicted molar refractivity (Wildman–Crippen MR) is 124 cm³/mol. The van der Waals surface area contributed by atoms with Crippen LogP contribution in [-0.4, -0.2) is 46.2 Å². The van der Waals surface area contributed by atoms with Gasteiger partial charge in [0.15, 0.2) is 0 Å². The SMILES string of the molecule is CN1CCCC1=NCCSc1cn(Cc2c[nH]c3ccccc23)c2ccccc12. The molecule has 3 heterocycles. The van der Waals surface area contributed by atoms with Crippen molar-refractivity contribution in [2.24, 2.45) is 4.99 Å². The number of aromatic nitrogens is 2. The van der Waals surface area contributed by atoms with E-state index < -0.39 is 0 Å². The normalized spacial score (nSPS) is 15.9. The van der Waals surface area contributed by atoms with Gasteiger partial charge in [0.05, 0.1) is 12.4 Å². The van der Waals surface area contributed by atoms with E-state index in [4.69, 9.17) is 4.99 Å². The van der Waals surface area contributed by atoms with Gasteiger partial charge in [-0.15, -0.1) is 11.8 Å². The van der Waals surface area contributed by atoms with E-state index in [2.05, 4.69) is 82.4 Å². The first-order valence-electron chi connectivity index (χ1n) is 10.3. The number of benzene rings is 2. The van der Waals surface area contributed by atoms with Gasteiger partial charge in [-0.05, 0) is 24.1 Å². The van der Waals surface area contributed by atoms with Gasteiger partial charge in [0.1, 0.15) is 0 Å². The maximum atomic E-state index is 4.81. The highest BCUT2D eigenvalue weighted by molar-refractivity contribution is 7.99. The molecule has 5 rings (SSSR count). The average molecular weight is 403 g/mol. The second-order valence-corrected chi connectivity index (χ2v) is 8.81. The molecule has 0 radical (unpaired) electrons. The van der Waals surface area contributed by atoms with Crippen LogP contribution >= 0.6 is 11.8 Å². The molecular weight excluding hydrogens is 376 g/mol. The van der Waals surface area contributed by atoms with Crippen LogP contribution < -0.4 is 0 Å². The molecule has 2 aromatic carbocycles. The summed E-state index contributed by atoms with van der Waals surface area (Å²) in [6.07, 6.45) is 6.82. The summed E-state index contributed by atoms with van der Waals surface area (Å²) in [5.41, 5.74) is 3.82. The van der Waals surface area contributed by atoms with Crippen LogP contribution in [0.2, 0.25) is 0 Å². The number of hydrogen-bond donors (Lipinski definition) is 1. The molecule has 4 nitrogen and oxygen atoms in total. The van der Waals surface area contributed by atoms with Crippen LogP contribution in [0.15, 0.2) is 70.8 Å². The van der Waals surface area contributed by atoms with Gasteiger partial charge in [-0.2, -0.15) is 0 Å². The van der Waals surface area contributed by atoms with Crippen molar-refractivity contribution in [3.05, 3.63) is 66.5 Å². The van der Waals surface area contributed by atoms with E-state index in [1.807, 2.05) is 11.8 Å². The van der Waals surface area contributed by atoms with Gasteiger partial charge in [-0.25, -0.2) is 0 Å². The van der Waals surface area contributed by atoms with Crippen LogP contribution in [0.4, 0.5) is 0 Å². The number of nitrogens with zero attached hydrogens (tertiary/aromatic N) is 3. The summed E-state index contributed by atoms with van der Waals surface area (Å²) in [5, 5.41) is 2.64. The number of hydrogen-bond acceptors (Lipinski definition) is 2. The van der Waals surface area contributed by atoms with Crippen LogP contribution in [0.5, 0.6) is 0 Å². The third kappa shape index (κ3) is 3.67. The van der Waals surface area contributed by atoms with E-state index in [0.717, 1.165) is 31.8 Å². The van der Waals surface area contributed by atoms with Gasteiger partial charge in [0.2, 0.25) is 0 Å². The van der Waals surface area contributed by atoms with Crippen LogP contribution in [-0.2, 0) is 6.54 Å². The molecule has 1 fully saturated rings. The fourth-order valence-corrected chi connectivity index (χ4v) is 5.16. The second-order valence-electron chi connectivity index (χ2n) is 7.67. The quantitative estimate of drug-likeness (QED) is 0.347. The molecule has 1 aliphatic heterocycles. The summed E-state index contributed by atoms with van der Waals surface area (Å²) in [4.78, 5) is 11.8. The smallest absolute Gasteiger partial charge is 0.0987 e. The number of thioether (sulfide) groups is 1. The molecule has 0 atom stereocenters. The Balaban J connectivity index is 1.36. The molecule has 0 bridgehead atoms. The number of rotatable bonds is 6. The Labute approximate surface area is 175 Å². The number of amidine groups is 1. The molecule has 0 amide bonds. The fourth-order valence-electron chi connectivity index (χ4n) is 4.23. The third-order valence-electron chi connectivity index (χ3n) is 5.75. The fraction of sp³-hybridized carbons (Fsp3) is 0.292. The summed E-state index contributed by atoms with van der Waals surface area (Å²) in [6.45, 7) is 2.90. The van der Waals surface area contributed by atoms with Crippen LogP contribution in [0, 0.1) is 0 Å². The van der Waals surface area contributed by atoms with E-state index in [0.29, 0.717) is 0 Å². The van der Waals surface area contributed by atoms with Gasteiger partial charge in [-0.3, -0.25) is 4.99 Å². The lowest BCUT2D eigenvalue weighted by atomic mass is 10.2. The van der Waals surface area contributed by atoms with E-state index >= 15 is 0 Å². The molecule has 1 saturated heterocycles. The van der Waals surface area contributed by atoms with Crippen LogP contribution in [0.25, 0.3) is 21.8 Å². The van der Waals surface area contributed by atoms with E-state index in [1.54, 1.807) is 0 Å². The summed E-state index contributed by atoms with van der Waals surface area (Å²) >= 11 is 1.92. The van der Waals surface area contributed by atoms with Crippen molar-refractivity contribution < 1.29 is 0 Å². The van der Waals surface area contributed by atoms with Gasteiger partial charge >= 0.3 is 0 Å². The maximum absolute atomic E-state index is 4.81. The minimum Gasteiger partial charge on any atom is -0.363 e. The van der Waals surface area contributed by atoms with E-state index in [1.165, 1.54) is 44.5 Å². The summed E-state index contributed by atoms with van der Waals surface area (Å²) in [6, 6.07) is 17.2. The van der Waals surface area contributed by atoms with Crippen LogP contribution in [0.3, 0.4) is 0 Å². The van der Waals surface area contributed by atoms with Crippen molar-refractivity contribution in [2.45, 2.75) is 24.3 Å². The highest BCUT2D eigenvalue weighted by Gasteiger charge is 2.14. The predicted octanol–water partition coefficient (Wildman–Crippen LogP) is 5.39. The van der Waals surface area contributed by atoms with Crippen LogP contribution in [0.1, 0.15) is 18.4 Å². The Morgan fingerprint density at radius 1 is 1.07 bits per heavy atom. The standard InChI is InChI=1S/C24H26N4S/c1-27-13-6-11-24(27)25-12-14-29-23-17-28(22-10-5-3-8-20(22)23)16-18-15-26-21-9-4-2-7-19(18)21/h2-5,7-10,15,17,26H,6,11-14,16H2,1H3. The number of likely N-dealkylation sites (tertiary alicyclic amines) is 1. The molecule has 148 valence electrons. The lowest BCUT2D eigenvalue weighted by Gasteiger charge is -2.10. The van der Waals surface area contributed by atoms with Crippen molar-refractivity contribution in [1.82, 2.24) is 14.5 Å². The summed E-state index contributed by atoms with van der Waals surface area (Å²) < 4.78 is 2.38. The lowest BCUT2D eigenvalue weighted by Crippen LogP contribution is -2.19. The van der Waals surface area contributed by atoms with Gasteiger partial charge < -0.3 is 14.5 Å². The molecule has 0 aliphatic carbocycles. The molecule has 4 aromatic rings. The van der Waals surface area contributed by atoms with Crippen molar-refractivity contribution in [3.8, 4) is 0 Å². The molecule has 1 N–H and O–H groups in total. The maximum Gasteiger partial charge on any atom is 0.0987 e. The zero-order valence-corrected chi connectivity index (χ0v) is 17.6. The first kappa shape index (κ1) is 18.4. The number of nitrogens with one attached hydrogen (secondary N) is 1. The zero-order chi connectivity index (χ0) is 19.6. The van der Waals surface area contributed by atoms with Crippen molar-refractivity contribution in [3.63, 3.8) is 0 Å². The Kier molecular flexibility index (Phi) is 5.06. The largest absolute Gasteiger partial charge is 0.363 e. The molecule has 5 heteroatoms. The zero-order valence-electron chi connectivity index (χ0n) is 16.8. The highest BCUT2D eigenvalue weighted by atomic mass is 32.2. The number of para-hydroxylation sites is 2. The molecule has 1 aliphatic rings. The van der Waals surface area contributed by atoms with E-state index in [9.17, 15) is 0 Å². The molecule has 2 aromatic heterocycles. The Bertz CT molecular complexity index is 1170. The third-order valence-corrected chi connectivity index (χ3v) is 6.77. The summed E-state index contributed by atoms with van der Waals surface area (Å²) in [7, 11) is 2.15. The molecule has 0 spiro atoms. The number of fused-ring (bicyclic) bond motifs is 2. The molecule has 0 saturated carbocycles. The van der Waals surface area contributed by atoms with E-state index in [-0.39, 0.29) is 0 Å². The topological polar surface area (TPSA) is 36.3 Å². The van der Waals surface area contributed by atoms with Crippen molar-refractivity contribution >= 4 is 39.4 Å².